The molecule has 0 spiro atoms. The van der Waals surface area contributed by atoms with Crippen LogP contribution in [0.1, 0.15) is 38.8 Å². The van der Waals surface area contributed by atoms with E-state index in [1.165, 1.54) is 0 Å². The van der Waals surface area contributed by atoms with Crippen LogP contribution in [0.2, 0.25) is 0 Å². The smallest absolute Gasteiger partial charge is 0.335 e. The molecular weight excluding hydrogens is 268 g/mol. The fraction of sp³-hybridized carbons (Fsp3) is 0.0588. The number of hydrogen-bond acceptors (Lipinski definition) is 2. The number of hydrogen-bond donors (Lipinski definition) is 2. The van der Waals surface area contributed by atoms with Crippen molar-refractivity contribution >= 4 is 23.6 Å². The van der Waals surface area contributed by atoms with Crippen LogP contribution < -0.4 is 0 Å². The zero-order chi connectivity index (χ0) is 15.4. The Labute approximate surface area is 122 Å². The van der Waals surface area contributed by atoms with Crippen LogP contribution in [0.5, 0.6) is 0 Å². The molecule has 2 aromatic carbocycles. The molecule has 4 nitrogen and oxygen atoms in total. The average Bonchev–Trinajstić information content (AvgIpc) is 2.47. The van der Waals surface area contributed by atoms with Gasteiger partial charge in [0.25, 0.3) is 0 Å². The molecule has 0 aliphatic heterocycles. The molecule has 0 saturated carbocycles. The maximum absolute atomic E-state index is 10.8. The van der Waals surface area contributed by atoms with E-state index >= 15 is 0 Å². The van der Waals surface area contributed by atoms with Crippen molar-refractivity contribution in [2.24, 2.45) is 0 Å². The van der Waals surface area contributed by atoms with Crippen LogP contribution in [0.25, 0.3) is 11.6 Å². The molecule has 2 aromatic rings. The maximum atomic E-state index is 10.8. The summed E-state index contributed by atoms with van der Waals surface area (Å²) in [7, 11) is 0. The lowest BCUT2D eigenvalue weighted by Gasteiger charge is -2.03. The van der Waals surface area contributed by atoms with Crippen LogP contribution in [-0.2, 0) is 0 Å². The van der Waals surface area contributed by atoms with Gasteiger partial charge in [-0.15, -0.1) is 0 Å². The summed E-state index contributed by atoms with van der Waals surface area (Å²) in [6.07, 6.45) is 1.92. The third-order valence-electron chi connectivity index (χ3n) is 3.13. The van der Waals surface area contributed by atoms with Gasteiger partial charge in [-0.2, -0.15) is 0 Å². The van der Waals surface area contributed by atoms with E-state index in [1.54, 1.807) is 48.5 Å². The molecule has 0 fully saturated rings. The molecule has 0 unspecified atom stereocenters. The Hall–Kier alpha value is -2.88. The monoisotopic (exact) mass is 282 g/mol. The van der Waals surface area contributed by atoms with E-state index in [-0.39, 0.29) is 11.1 Å². The van der Waals surface area contributed by atoms with Gasteiger partial charge in [-0.25, -0.2) is 9.59 Å². The summed E-state index contributed by atoms with van der Waals surface area (Å²) in [4.78, 5) is 21.6. The largest absolute Gasteiger partial charge is 0.478 e. The molecule has 0 bridgehead atoms. The van der Waals surface area contributed by atoms with E-state index in [1.807, 2.05) is 13.0 Å². The molecule has 0 radical (unpaired) electrons. The van der Waals surface area contributed by atoms with Gasteiger partial charge in [0.15, 0.2) is 0 Å². The van der Waals surface area contributed by atoms with Crippen LogP contribution >= 0.6 is 0 Å². The summed E-state index contributed by atoms with van der Waals surface area (Å²) in [5.41, 5.74) is 3.27. The van der Waals surface area contributed by atoms with Gasteiger partial charge in [0.05, 0.1) is 11.1 Å². The number of allylic oxidation sites excluding steroid dienone is 1. The predicted molar refractivity (Wildman–Crippen MR) is 80.3 cm³/mol. The lowest BCUT2D eigenvalue weighted by molar-refractivity contribution is 0.0686. The van der Waals surface area contributed by atoms with Gasteiger partial charge >= 0.3 is 11.9 Å². The minimum absolute atomic E-state index is 0.246. The number of carboxylic acids is 2. The quantitative estimate of drug-likeness (QED) is 0.839. The first-order valence-electron chi connectivity index (χ1n) is 6.33. The van der Waals surface area contributed by atoms with E-state index in [4.69, 9.17) is 10.2 Å². The lowest BCUT2D eigenvalue weighted by Crippen LogP contribution is -1.95. The Bertz CT molecular complexity index is 695. The Morgan fingerprint density at radius 2 is 1.14 bits per heavy atom. The molecular formula is C17H14O4. The zero-order valence-corrected chi connectivity index (χ0v) is 11.4. The second-order valence-electron chi connectivity index (χ2n) is 4.64. The van der Waals surface area contributed by atoms with Gasteiger partial charge < -0.3 is 10.2 Å². The number of aromatic carboxylic acids is 2. The van der Waals surface area contributed by atoms with Gasteiger partial charge in [-0.1, -0.05) is 30.3 Å². The highest BCUT2D eigenvalue weighted by molar-refractivity contribution is 5.89. The average molecular weight is 282 g/mol. The van der Waals surface area contributed by atoms with Gasteiger partial charge in [-0.3, -0.25) is 0 Å². The minimum atomic E-state index is -0.952. The Morgan fingerprint density at radius 3 is 1.57 bits per heavy atom. The first-order chi connectivity index (χ1) is 9.97. The molecule has 0 saturated heterocycles. The fourth-order valence-electron chi connectivity index (χ4n) is 1.93. The van der Waals surface area contributed by atoms with E-state index in [0.29, 0.717) is 0 Å². The van der Waals surface area contributed by atoms with Crippen molar-refractivity contribution in [3.05, 3.63) is 70.8 Å². The second-order valence-corrected chi connectivity index (χ2v) is 4.64. The third-order valence-corrected chi connectivity index (χ3v) is 3.13. The Kier molecular flexibility index (Phi) is 4.18. The summed E-state index contributed by atoms with van der Waals surface area (Å²) in [6, 6.07) is 13.2. The van der Waals surface area contributed by atoms with Crippen LogP contribution in [0.15, 0.2) is 48.5 Å². The van der Waals surface area contributed by atoms with E-state index in [2.05, 4.69) is 0 Å². The van der Waals surface area contributed by atoms with Gasteiger partial charge in [-0.05, 0) is 47.9 Å². The van der Waals surface area contributed by atoms with Gasteiger partial charge in [0.1, 0.15) is 0 Å². The summed E-state index contributed by atoms with van der Waals surface area (Å²) >= 11 is 0. The Morgan fingerprint density at radius 1 is 0.762 bits per heavy atom. The van der Waals surface area contributed by atoms with Gasteiger partial charge in [0.2, 0.25) is 0 Å². The number of carboxylic acid groups (broad SMARTS) is 2. The highest BCUT2D eigenvalue weighted by Crippen LogP contribution is 2.18. The normalized spacial score (nSPS) is 11.2. The standard InChI is InChI=1S/C17H14O4/c1-11(13-6-8-15(9-7-13)17(20)21)10-12-2-4-14(5-3-12)16(18)19/h2-10H,1H3,(H,18,19)(H,20,21)/b11-10+. The zero-order valence-electron chi connectivity index (χ0n) is 11.4. The van der Waals surface area contributed by atoms with E-state index in [9.17, 15) is 9.59 Å². The maximum Gasteiger partial charge on any atom is 0.335 e. The SMILES string of the molecule is C/C(=C\c1ccc(C(=O)O)cc1)c1ccc(C(=O)O)cc1. The molecule has 0 heterocycles. The van der Waals surface area contributed by atoms with Crippen molar-refractivity contribution in [2.75, 3.05) is 0 Å². The van der Waals surface area contributed by atoms with Crippen LogP contribution in [-0.4, -0.2) is 22.2 Å². The third kappa shape index (κ3) is 3.57. The van der Waals surface area contributed by atoms with Crippen molar-refractivity contribution in [3.63, 3.8) is 0 Å². The number of carbonyl (C=O) groups is 2. The molecule has 4 heteroatoms. The second kappa shape index (κ2) is 6.05. The first kappa shape index (κ1) is 14.5. The highest BCUT2D eigenvalue weighted by atomic mass is 16.4. The predicted octanol–water partition coefficient (Wildman–Crippen LogP) is 3.64. The molecule has 0 atom stereocenters. The molecule has 106 valence electrons. The summed E-state index contributed by atoms with van der Waals surface area (Å²) in [5, 5.41) is 17.7. The first-order valence-corrected chi connectivity index (χ1v) is 6.33. The number of benzene rings is 2. The van der Waals surface area contributed by atoms with Crippen molar-refractivity contribution < 1.29 is 19.8 Å². The summed E-state index contributed by atoms with van der Waals surface area (Å²) in [6.45, 7) is 1.92. The number of rotatable bonds is 4. The molecule has 0 aliphatic rings. The van der Waals surface area contributed by atoms with Crippen molar-refractivity contribution in [3.8, 4) is 0 Å². The summed E-state index contributed by atoms with van der Waals surface area (Å²) < 4.78 is 0. The van der Waals surface area contributed by atoms with Crippen LogP contribution in [0, 0.1) is 0 Å². The molecule has 2 N–H and O–H groups in total. The molecule has 21 heavy (non-hydrogen) atoms. The Balaban J connectivity index is 2.23. The minimum Gasteiger partial charge on any atom is -0.478 e. The van der Waals surface area contributed by atoms with Crippen LogP contribution in [0.3, 0.4) is 0 Å². The van der Waals surface area contributed by atoms with Crippen molar-refractivity contribution in [2.45, 2.75) is 6.92 Å². The topological polar surface area (TPSA) is 74.6 Å². The van der Waals surface area contributed by atoms with E-state index in [0.717, 1.165) is 16.7 Å². The van der Waals surface area contributed by atoms with Crippen molar-refractivity contribution in [1.82, 2.24) is 0 Å². The highest BCUT2D eigenvalue weighted by Gasteiger charge is 2.04. The van der Waals surface area contributed by atoms with Crippen LogP contribution in [0.4, 0.5) is 0 Å². The summed E-state index contributed by atoms with van der Waals surface area (Å²) in [5.74, 6) is -1.90. The molecule has 0 aliphatic carbocycles. The molecule has 0 aromatic heterocycles. The fourth-order valence-corrected chi connectivity index (χ4v) is 1.93. The van der Waals surface area contributed by atoms with E-state index < -0.39 is 11.9 Å². The van der Waals surface area contributed by atoms with Crippen molar-refractivity contribution in [1.29, 1.82) is 0 Å². The molecule has 0 amide bonds. The molecule has 2 rings (SSSR count). The van der Waals surface area contributed by atoms with Gasteiger partial charge in [0, 0.05) is 0 Å². The lowest BCUT2D eigenvalue weighted by atomic mass is 10.0.